The van der Waals surface area contributed by atoms with Crippen LogP contribution in [0.25, 0.3) is 0 Å². The molecule has 4 rings (SSSR count). The van der Waals surface area contributed by atoms with Gasteiger partial charge < -0.3 is 20.1 Å². The van der Waals surface area contributed by atoms with E-state index in [4.69, 9.17) is 4.74 Å². The molecule has 2 aliphatic heterocycles. The Hall–Kier alpha value is -3.11. The van der Waals surface area contributed by atoms with Gasteiger partial charge in [0.1, 0.15) is 11.3 Å². The molecule has 34 heavy (non-hydrogen) atoms. The van der Waals surface area contributed by atoms with Crippen LogP contribution < -0.4 is 10.2 Å². The van der Waals surface area contributed by atoms with Crippen LogP contribution in [0.5, 0.6) is 5.75 Å². The number of hydrogen-bond donors (Lipinski definition) is 2. The van der Waals surface area contributed by atoms with Gasteiger partial charge in [0.2, 0.25) is 10.0 Å². The number of hydrogen-bond acceptors (Lipinski definition) is 7. The summed E-state index contributed by atoms with van der Waals surface area (Å²) in [6, 6.07) is 10.9. The molecule has 0 aromatic heterocycles. The summed E-state index contributed by atoms with van der Waals surface area (Å²) >= 11 is 0. The van der Waals surface area contributed by atoms with Crippen LogP contribution in [-0.4, -0.2) is 62.5 Å². The number of carbonyl (C=O) groups is 2. The first kappa shape index (κ1) is 24.0. The van der Waals surface area contributed by atoms with E-state index < -0.39 is 34.3 Å². The lowest BCUT2D eigenvalue weighted by Gasteiger charge is -2.28. The molecule has 2 heterocycles. The van der Waals surface area contributed by atoms with Crippen LogP contribution in [0.4, 0.5) is 11.4 Å². The molecule has 0 radical (unpaired) electrons. The predicted molar refractivity (Wildman–Crippen MR) is 128 cm³/mol. The quantitative estimate of drug-likeness (QED) is 0.577. The number of amides is 1. The Morgan fingerprint density at radius 1 is 0.912 bits per heavy atom. The van der Waals surface area contributed by atoms with E-state index in [2.05, 4.69) is 10.2 Å². The number of rotatable bonds is 7. The zero-order valence-electron chi connectivity index (χ0n) is 18.9. The number of ether oxygens (including phenoxy) is 1. The lowest BCUT2D eigenvalue weighted by molar-refractivity contribution is -0.119. The van der Waals surface area contributed by atoms with Gasteiger partial charge in [0.05, 0.1) is 4.90 Å². The van der Waals surface area contributed by atoms with Gasteiger partial charge in [-0.1, -0.05) is 0 Å². The third-order valence-corrected chi connectivity index (χ3v) is 7.99. The second kappa shape index (κ2) is 10.4. The molecule has 2 N–H and O–H groups in total. The molecule has 10 heteroatoms. The highest BCUT2D eigenvalue weighted by Gasteiger charge is 2.29. The monoisotopic (exact) mass is 487 g/mol. The Morgan fingerprint density at radius 3 is 2.24 bits per heavy atom. The van der Waals surface area contributed by atoms with Crippen LogP contribution in [0.3, 0.4) is 0 Å². The van der Waals surface area contributed by atoms with Crippen LogP contribution in [0, 0.1) is 0 Å². The molecule has 0 saturated carbocycles. The van der Waals surface area contributed by atoms with Crippen LogP contribution >= 0.6 is 0 Å². The topological polar surface area (TPSA) is 116 Å². The van der Waals surface area contributed by atoms with Crippen molar-refractivity contribution in [3.63, 3.8) is 0 Å². The minimum Gasteiger partial charge on any atom is -0.507 e. The van der Waals surface area contributed by atoms with Gasteiger partial charge in [0.15, 0.2) is 6.61 Å². The van der Waals surface area contributed by atoms with E-state index in [0.29, 0.717) is 18.8 Å². The minimum absolute atomic E-state index is 0.0996. The Kier molecular flexibility index (Phi) is 7.38. The summed E-state index contributed by atoms with van der Waals surface area (Å²) in [6.07, 6.45) is 5.16. The first-order valence-electron chi connectivity index (χ1n) is 11.5. The third-order valence-electron chi connectivity index (χ3n) is 6.10. The standard InChI is InChI=1S/C24H29N3O6S/c28-22-11-10-20(34(31,32)27-14-4-5-15-27)16-21(22)24(30)33-17-23(29)25-18-6-8-19(9-7-18)26-12-2-1-3-13-26/h6-11,16,28H,1-5,12-15,17H2,(H,25,29). The molecule has 0 bridgehead atoms. The van der Waals surface area contributed by atoms with E-state index in [9.17, 15) is 23.1 Å². The Balaban J connectivity index is 1.34. The fraction of sp³-hybridized carbons (Fsp3) is 0.417. The summed E-state index contributed by atoms with van der Waals surface area (Å²) in [5.41, 5.74) is 1.37. The number of esters is 1. The molecule has 182 valence electrons. The van der Waals surface area contributed by atoms with E-state index in [1.54, 1.807) is 12.1 Å². The smallest absolute Gasteiger partial charge is 0.342 e. The van der Waals surface area contributed by atoms with Gasteiger partial charge in [-0.15, -0.1) is 0 Å². The van der Waals surface area contributed by atoms with Crippen molar-refractivity contribution in [2.24, 2.45) is 0 Å². The largest absolute Gasteiger partial charge is 0.507 e. The number of benzene rings is 2. The average Bonchev–Trinajstić information content (AvgIpc) is 3.40. The Bertz CT molecular complexity index is 1140. The number of piperidine rings is 1. The molecule has 2 saturated heterocycles. The summed E-state index contributed by atoms with van der Waals surface area (Å²) in [5.74, 6) is -1.94. The van der Waals surface area contributed by atoms with Crippen molar-refractivity contribution in [2.75, 3.05) is 43.0 Å². The van der Waals surface area contributed by atoms with Crippen molar-refractivity contribution in [1.29, 1.82) is 0 Å². The second-order valence-corrected chi connectivity index (χ2v) is 10.4. The Labute approximate surface area is 199 Å². The van der Waals surface area contributed by atoms with Gasteiger partial charge in [-0.25, -0.2) is 13.2 Å². The summed E-state index contributed by atoms with van der Waals surface area (Å²) in [6.45, 7) is 2.31. The average molecular weight is 488 g/mol. The molecule has 9 nitrogen and oxygen atoms in total. The molecule has 2 aromatic rings. The predicted octanol–water partition coefficient (Wildman–Crippen LogP) is 2.96. The van der Waals surface area contributed by atoms with E-state index in [0.717, 1.165) is 43.8 Å². The van der Waals surface area contributed by atoms with E-state index in [1.807, 2.05) is 12.1 Å². The fourth-order valence-electron chi connectivity index (χ4n) is 4.23. The highest BCUT2D eigenvalue weighted by atomic mass is 32.2. The van der Waals surface area contributed by atoms with E-state index >= 15 is 0 Å². The minimum atomic E-state index is -3.76. The van der Waals surface area contributed by atoms with Gasteiger partial charge in [-0.05, 0) is 74.6 Å². The normalized spacial score (nSPS) is 16.9. The molecule has 2 aliphatic rings. The van der Waals surface area contributed by atoms with Crippen molar-refractivity contribution in [2.45, 2.75) is 37.0 Å². The number of nitrogens with zero attached hydrogens (tertiary/aromatic N) is 2. The Morgan fingerprint density at radius 2 is 1.56 bits per heavy atom. The van der Waals surface area contributed by atoms with Crippen molar-refractivity contribution >= 4 is 33.3 Å². The van der Waals surface area contributed by atoms with Gasteiger partial charge in [-0.2, -0.15) is 4.31 Å². The first-order valence-corrected chi connectivity index (χ1v) is 12.9. The molecular formula is C24H29N3O6S. The van der Waals surface area contributed by atoms with Crippen LogP contribution in [-0.2, 0) is 19.6 Å². The van der Waals surface area contributed by atoms with Gasteiger partial charge in [-0.3, -0.25) is 4.79 Å². The molecule has 2 fully saturated rings. The number of aromatic hydroxyl groups is 1. The van der Waals surface area contributed by atoms with Crippen molar-refractivity contribution < 1.29 is 27.9 Å². The molecule has 1 amide bonds. The maximum absolute atomic E-state index is 12.7. The first-order chi connectivity index (χ1) is 16.3. The number of phenolic OH excluding ortho intramolecular Hbond substituents is 1. The van der Waals surface area contributed by atoms with Crippen LogP contribution in [0.1, 0.15) is 42.5 Å². The van der Waals surface area contributed by atoms with Crippen LogP contribution in [0.15, 0.2) is 47.4 Å². The van der Waals surface area contributed by atoms with Gasteiger partial charge in [0.25, 0.3) is 5.91 Å². The van der Waals surface area contributed by atoms with Crippen molar-refractivity contribution in [3.05, 3.63) is 48.0 Å². The number of nitrogens with one attached hydrogen (secondary N) is 1. The molecule has 2 aromatic carbocycles. The van der Waals surface area contributed by atoms with Crippen molar-refractivity contribution in [1.82, 2.24) is 4.31 Å². The summed E-state index contributed by atoms with van der Waals surface area (Å²) in [5, 5.41) is 12.7. The molecule has 0 atom stereocenters. The summed E-state index contributed by atoms with van der Waals surface area (Å²) in [7, 11) is -3.76. The molecular weight excluding hydrogens is 458 g/mol. The molecule has 0 aliphatic carbocycles. The zero-order chi connectivity index (χ0) is 24.1. The molecule has 0 unspecified atom stereocenters. The maximum atomic E-state index is 12.7. The fourth-order valence-corrected chi connectivity index (χ4v) is 5.77. The second-order valence-electron chi connectivity index (χ2n) is 8.51. The molecule has 0 spiro atoms. The van der Waals surface area contributed by atoms with Gasteiger partial charge in [0, 0.05) is 37.6 Å². The number of anilines is 2. The lowest BCUT2D eigenvalue weighted by Crippen LogP contribution is -2.29. The number of phenols is 1. The maximum Gasteiger partial charge on any atom is 0.342 e. The van der Waals surface area contributed by atoms with Crippen LogP contribution in [0.2, 0.25) is 0 Å². The highest BCUT2D eigenvalue weighted by Crippen LogP contribution is 2.26. The highest BCUT2D eigenvalue weighted by molar-refractivity contribution is 7.89. The number of carbonyl (C=O) groups excluding carboxylic acids is 2. The SMILES string of the molecule is O=C(COC(=O)c1cc(S(=O)(=O)N2CCCC2)ccc1O)Nc1ccc(N2CCCCC2)cc1. The number of sulfonamides is 1. The summed E-state index contributed by atoms with van der Waals surface area (Å²) < 4.78 is 31.9. The zero-order valence-corrected chi connectivity index (χ0v) is 19.7. The van der Waals surface area contributed by atoms with E-state index in [-0.39, 0.29) is 10.5 Å². The van der Waals surface area contributed by atoms with Gasteiger partial charge >= 0.3 is 5.97 Å². The summed E-state index contributed by atoms with van der Waals surface area (Å²) in [4.78, 5) is 26.9. The van der Waals surface area contributed by atoms with Crippen molar-refractivity contribution in [3.8, 4) is 5.75 Å². The lowest BCUT2D eigenvalue weighted by atomic mass is 10.1. The van der Waals surface area contributed by atoms with E-state index in [1.165, 1.54) is 29.6 Å². The third kappa shape index (κ3) is 5.51.